The molecule has 4 nitrogen and oxygen atoms in total. The molecule has 0 spiro atoms. The van der Waals surface area contributed by atoms with Crippen LogP contribution in [0.15, 0.2) is 22.7 Å². The summed E-state index contributed by atoms with van der Waals surface area (Å²) in [5.74, 6) is 1.52. The van der Waals surface area contributed by atoms with Gasteiger partial charge in [0.15, 0.2) is 0 Å². The van der Waals surface area contributed by atoms with E-state index in [0.717, 1.165) is 22.6 Å². The van der Waals surface area contributed by atoms with Crippen LogP contribution >= 0.6 is 15.9 Å². The van der Waals surface area contributed by atoms with Crippen LogP contribution in [0.2, 0.25) is 0 Å². The van der Waals surface area contributed by atoms with E-state index < -0.39 is 0 Å². The van der Waals surface area contributed by atoms with Gasteiger partial charge < -0.3 is 5.32 Å². The van der Waals surface area contributed by atoms with E-state index in [1.165, 1.54) is 25.0 Å². The number of nitrogens with one attached hydrogen (secondary N) is 1. The highest BCUT2D eigenvalue weighted by Gasteiger charge is 2.27. The third-order valence-corrected chi connectivity index (χ3v) is 3.86. The molecule has 0 heterocycles. The molecular weight excluding hydrogens is 284 g/mol. The molecule has 0 aromatic heterocycles. The van der Waals surface area contributed by atoms with Gasteiger partial charge in [-0.3, -0.25) is 10.1 Å². The summed E-state index contributed by atoms with van der Waals surface area (Å²) in [6, 6.07) is 4.81. The Labute approximate surface area is 109 Å². The Balaban J connectivity index is 1.98. The summed E-state index contributed by atoms with van der Waals surface area (Å²) in [6.45, 7) is 3.16. The van der Waals surface area contributed by atoms with E-state index in [1.807, 2.05) is 0 Å². The van der Waals surface area contributed by atoms with Gasteiger partial charge in [-0.25, -0.2) is 0 Å². The highest BCUT2D eigenvalue weighted by Crippen LogP contribution is 2.37. The fraction of sp³-hybridized carbons (Fsp3) is 0.500. The first-order valence-electron chi connectivity index (χ1n) is 5.75. The summed E-state index contributed by atoms with van der Waals surface area (Å²) in [5, 5.41) is 13.9. The molecular formula is C12H15BrN2O2. The van der Waals surface area contributed by atoms with Gasteiger partial charge >= 0.3 is 0 Å². The molecule has 0 radical (unpaired) electrons. The molecule has 0 amide bonds. The number of rotatable bonds is 5. The zero-order chi connectivity index (χ0) is 12.4. The van der Waals surface area contributed by atoms with E-state index in [9.17, 15) is 10.1 Å². The van der Waals surface area contributed by atoms with Crippen molar-refractivity contribution in [3.05, 3.63) is 32.8 Å². The lowest BCUT2D eigenvalue weighted by molar-refractivity contribution is -0.384. The molecule has 0 bridgehead atoms. The predicted molar refractivity (Wildman–Crippen MR) is 71.2 cm³/mol. The Morgan fingerprint density at radius 3 is 2.82 bits per heavy atom. The van der Waals surface area contributed by atoms with Crippen molar-refractivity contribution in [1.82, 2.24) is 0 Å². The molecule has 1 atom stereocenters. The normalized spacial score (nSPS) is 16.6. The molecule has 92 valence electrons. The molecule has 1 aliphatic rings. The van der Waals surface area contributed by atoms with Gasteiger partial charge in [0.05, 0.1) is 4.92 Å². The smallest absolute Gasteiger partial charge is 0.270 e. The molecule has 5 heteroatoms. The molecule has 1 aliphatic carbocycles. The van der Waals surface area contributed by atoms with Gasteiger partial charge in [-0.15, -0.1) is 0 Å². The quantitative estimate of drug-likeness (QED) is 0.664. The summed E-state index contributed by atoms with van der Waals surface area (Å²) < 4.78 is 0.745. The van der Waals surface area contributed by atoms with Crippen LogP contribution in [0.5, 0.6) is 0 Å². The molecule has 0 aliphatic heterocycles. The fourth-order valence-corrected chi connectivity index (χ4v) is 2.37. The monoisotopic (exact) mass is 298 g/mol. The molecule has 0 saturated heterocycles. The highest BCUT2D eigenvalue weighted by atomic mass is 79.9. The van der Waals surface area contributed by atoms with E-state index in [1.54, 1.807) is 6.07 Å². The summed E-state index contributed by atoms with van der Waals surface area (Å²) in [7, 11) is 0. The first kappa shape index (κ1) is 12.4. The molecule has 1 aromatic carbocycles. The second-order valence-corrected chi connectivity index (χ2v) is 5.47. The van der Waals surface area contributed by atoms with E-state index in [-0.39, 0.29) is 10.6 Å². The van der Waals surface area contributed by atoms with Crippen molar-refractivity contribution < 1.29 is 4.92 Å². The average Bonchev–Trinajstić information content (AvgIpc) is 3.10. The Kier molecular flexibility index (Phi) is 3.66. The van der Waals surface area contributed by atoms with Crippen LogP contribution in [-0.4, -0.2) is 11.5 Å². The van der Waals surface area contributed by atoms with Gasteiger partial charge in [-0.05, 0) is 46.7 Å². The van der Waals surface area contributed by atoms with Crippen LogP contribution in [0.25, 0.3) is 0 Å². The Bertz CT molecular complexity index is 433. The van der Waals surface area contributed by atoms with Crippen molar-refractivity contribution in [2.75, 3.05) is 11.9 Å². The van der Waals surface area contributed by atoms with E-state index >= 15 is 0 Å². The van der Waals surface area contributed by atoms with Crippen LogP contribution in [0.3, 0.4) is 0 Å². The standard InChI is InChI=1S/C12H15BrN2O2/c1-8(9-2-3-9)7-14-12-5-4-10(15(16)17)6-11(12)13/h4-6,8-9,14H,2-3,7H2,1H3. The van der Waals surface area contributed by atoms with Crippen LogP contribution < -0.4 is 5.32 Å². The molecule has 1 fully saturated rings. The Morgan fingerprint density at radius 1 is 1.59 bits per heavy atom. The van der Waals surface area contributed by atoms with Gasteiger partial charge in [0.1, 0.15) is 0 Å². The number of anilines is 1. The summed E-state index contributed by atoms with van der Waals surface area (Å²) in [5.41, 5.74) is 1.03. The fourth-order valence-electron chi connectivity index (χ4n) is 1.86. The lowest BCUT2D eigenvalue weighted by atomic mass is 10.1. The summed E-state index contributed by atoms with van der Waals surface area (Å²) >= 11 is 3.35. The van der Waals surface area contributed by atoms with Crippen LogP contribution in [0.1, 0.15) is 19.8 Å². The van der Waals surface area contributed by atoms with Gasteiger partial charge in [-0.1, -0.05) is 6.92 Å². The van der Waals surface area contributed by atoms with Crippen LogP contribution in [0, 0.1) is 22.0 Å². The molecule has 1 saturated carbocycles. The number of hydrogen-bond donors (Lipinski definition) is 1. The maximum absolute atomic E-state index is 10.6. The SMILES string of the molecule is CC(CNc1ccc([N+](=O)[O-])cc1Br)C1CC1. The number of hydrogen-bond acceptors (Lipinski definition) is 3. The van der Waals surface area contributed by atoms with E-state index in [4.69, 9.17) is 0 Å². The molecule has 2 rings (SSSR count). The third-order valence-electron chi connectivity index (χ3n) is 3.20. The maximum atomic E-state index is 10.6. The number of nitro benzene ring substituents is 1. The van der Waals surface area contributed by atoms with Crippen molar-refractivity contribution >= 4 is 27.3 Å². The molecule has 1 unspecified atom stereocenters. The number of benzene rings is 1. The predicted octanol–water partition coefficient (Wildman–Crippen LogP) is 3.82. The number of nitro groups is 1. The Morgan fingerprint density at radius 2 is 2.29 bits per heavy atom. The molecule has 17 heavy (non-hydrogen) atoms. The number of halogens is 1. The number of non-ortho nitro benzene ring substituents is 1. The third kappa shape index (κ3) is 3.19. The lowest BCUT2D eigenvalue weighted by Gasteiger charge is -2.13. The highest BCUT2D eigenvalue weighted by molar-refractivity contribution is 9.10. The van der Waals surface area contributed by atoms with Gasteiger partial charge in [0, 0.05) is 28.8 Å². The van der Waals surface area contributed by atoms with Crippen LogP contribution in [0.4, 0.5) is 11.4 Å². The maximum Gasteiger partial charge on any atom is 0.270 e. The topological polar surface area (TPSA) is 55.2 Å². The van der Waals surface area contributed by atoms with E-state index in [0.29, 0.717) is 5.92 Å². The van der Waals surface area contributed by atoms with Crippen molar-refractivity contribution in [3.8, 4) is 0 Å². The first-order chi connectivity index (χ1) is 8.08. The largest absolute Gasteiger partial charge is 0.384 e. The number of nitrogens with zero attached hydrogens (tertiary/aromatic N) is 1. The summed E-state index contributed by atoms with van der Waals surface area (Å²) in [6.07, 6.45) is 2.68. The van der Waals surface area contributed by atoms with Crippen LogP contribution in [-0.2, 0) is 0 Å². The van der Waals surface area contributed by atoms with Crippen molar-refractivity contribution in [2.45, 2.75) is 19.8 Å². The molecule has 1 N–H and O–H groups in total. The minimum absolute atomic E-state index is 0.109. The first-order valence-corrected chi connectivity index (χ1v) is 6.55. The van der Waals surface area contributed by atoms with Crippen molar-refractivity contribution in [3.63, 3.8) is 0 Å². The average molecular weight is 299 g/mol. The molecule has 1 aromatic rings. The van der Waals surface area contributed by atoms with Gasteiger partial charge in [-0.2, -0.15) is 0 Å². The summed E-state index contributed by atoms with van der Waals surface area (Å²) in [4.78, 5) is 10.2. The second kappa shape index (κ2) is 5.04. The zero-order valence-electron chi connectivity index (χ0n) is 9.65. The van der Waals surface area contributed by atoms with Gasteiger partial charge in [0.25, 0.3) is 5.69 Å². The van der Waals surface area contributed by atoms with Gasteiger partial charge in [0.2, 0.25) is 0 Å². The van der Waals surface area contributed by atoms with Crippen molar-refractivity contribution in [1.29, 1.82) is 0 Å². The minimum atomic E-state index is -0.388. The zero-order valence-corrected chi connectivity index (χ0v) is 11.2. The second-order valence-electron chi connectivity index (χ2n) is 4.62. The van der Waals surface area contributed by atoms with Crippen molar-refractivity contribution in [2.24, 2.45) is 11.8 Å². The minimum Gasteiger partial charge on any atom is -0.384 e. The lowest BCUT2D eigenvalue weighted by Crippen LogP contribution is -2.13. The Hall–Kier alpha value is -1.10. The van der Waals surface area contributed by atoms with E-state index in [2.05, 4.69) is 28.2 Å².